The molecule has 18 heavy (non-hydrogen) atoms. The highest BCUT2D eigenvalue weighted by Gasteiger charge is 2.09. The van der Waals surface area contributed by atoms with Crippen LogP contribution in [0.2, 0.25) is 0 Å². The monoisotopic (exact) mass is 268 g/mol. The second kappa shape index (κ2) is 5.68. The smallest absolute Gasteiger partial charge is 0.318 e. The number of carbonyl (C=O) groups excluding carboxylic acids is 1. The summed E-state index contributed by atoms with van der Waals surface area (Å²) in [7, 11) is -0.960. The predicted molar refractivity (Wildman–Crippen MR) is 73.3 cm³/mol. The van der Waals surface area contributed by atoms with E-state index in [1.807, 2.05) is 13.8 Å². The molecule has 5 nitrogen and oxygen atoms in total. The molecule has 1 rings (SSSR count). The zero-order valence-electron chi connectivity index (χ0n) is 10.5. The molecule has 0 aliphatic rings. The standard InChI is InChI=1S/C12H16N2O3S/c1-8-6-10(14(3)12(13)15)7-9(2)11(8)4-5-18(16)17/h4-7,18H,1-3H3,(H2,13,15)/b5-4+. The first-order valence-corrected chi connectivity index (χ1v) is 6.53. The lowest BCUT2D eigenvalue weighted by molar-refractivity contribution is 0.255. The normalized spacial score (nSPS) is 11.1. The van der Waals surface area contributed by atoms with Crippen LogP contribution in [0.3, 0.4) is 0 Å². The molecular formula is C12H16N2O3S. The number of primary amides is 1. The molecule has 0 radical (unpaired) electrons. The van der Waals surface area contributed by atoms with Gasteiger partial charge in [-0.2, -0.15) is 0 Å². The van der Waals surface area contributed by atoms with Gasteiger partial charge in [0.05, 0.1) is 0 Å². The summed E-state index contributed by atoms with van der Waals surface area (Å²) < 4.78 is 21.1. The Labute approximate surface area is 108 Å². The lowest BCUT2D eigenvalue weighted by Gasteiger charge is -2.17. The van der Waals surface area contributed by atoms with Gasteiger partial charge in [0.2, 0.25) is 0 Å². The predicted octanol–water partition coefficient (Wildman–Crippen LogP) is 1.40. The molecule has 0 heterocycles. The third-order valence-electron chi connectivity index (χ3n) is 2.66. The van der Waals surface area contributed by atoms with Crippen molar-refractivity contribution in [1.29, 1.82) is 0 Å². The van der Waals surface area contributed by atoms with E-state index in [1.165, 1.54) is 4.90 Å². The number of carbonyl (C=O) groups is 1. The van der Waals surface area contributed by atoms with Crippen LogP contribution in [-0.4, -0.2) is 21.5 Å². The van der Waals surface area contributed by atoms with Crippen LogP contribution < -0.4 is 10.6 Å². The first kappa shape index (κ1) is 14.2. The number of hydrogen-bond acceptors (Lipinski definition) is 3. The van der Waals surface area contributed by atoms with Gasteiger partial charge in [-0.3, -0.25) is 4.90 Å². The number of anilines is 1. The molecule has 0 saturated carbocycles. The minimum Gasteiger partial charge on any atom is -0.351 e. The fraction of sp³-hybridized carbons (Fsp3) is 0.250. The summed E-state index contributed by atoms with van der Waals surface area (Å²) in [5.41, 5.74) is 8.47. The van der Waals surface area contributed by atoms with Crippen LogP contribution >= 0.6 is 0 Å². The second-order valence-corrected chi connectivity index (χ2v) is 4.86. The molecule has 0 aliphatic carbocycles. The summed E-state index contributed by atoms with van der Waals surface area (Å²) in [6, 6.07) is 3.03. The third kappa shape index (κ3) is 3.33. The Morgan fingerprint density at radius 1 is 1.28 bits per heavy atom. The van der Waals surface area contributed by atoms with E-state index in [-0.39, 0.29) is 0 Å². The minimum absolute atomic E-state index is 0.542. The van der Waals surface area contributed by atoms with Crippen LogP contribution in [0.5, 0.6) is 0 Å². The number of aryl methyl sites for hydroxylation is 2. The summed E-state index contributed by atoms with van der Waals surface area (Å²) in [4.78, 5) is 12.4. The Hall–Kier alpha value is -1.82. The van der Waals surface area contributed by atoms with Crippen LogP contribution in [-0.2, 0) is 10.7 Å². The molecule has 0 aromatic heterocycles. The Morgan fingerprint density at radius 3 is 2.17 bits per heavy atom. The highest BCUT2D eigenvalue weighted by atomic mass is 32.2. The van der Waals surface area contributed by atoms with Crippen molar-refractivity contribution in [1.82, 2.24) is 0 Å². The number of benzene rings is 1. The summed E-state index contributed by atoms with van der Waals surface area (Å²) in [6.07, 6.45) is 1.55. The van der Waals surface area contributed by atoms with Crippen LogP contribution in [0.4, 0.5) is 10.5 Å². The number of urea groups is 1. The van der Waals surface area contributed by atoms with Crippen molar-refractivity contribution in [2.24, 2.45) is 5.73 Å². The molecule has 1 aromatic rings. The molecule has 1 aromatic carbocycles. The molecule has 2 amide bonds. The number of nitrogens with two attached hydrogens (primary N) is 1. The molecule has 6 heteroatoms. The fourth-order valence-electron chi connectivity index (χ4n) is 1.67. The summed E-state index contributed by atoms with van der Waals surface area (Å²) in [5, 5.41) is 1.13. The summed E-state index contributed by atoms with van der Waals surface area (Å²) in [5.74, 6) is 0. The molecule has 2 N–H and O–H groups in total. The van der Waals surface area contributed by atoms with Gasteiger partial charge in [-0.1, -0.05) is 0 Å². The lowest BCUT2D eigenvalue weighted by Crippen LogP contribution is -2.31. The highest BCUT2D eigenvalue weighted by Crippen LogP contribution is 2.23. The largest absolute Gasteiger partial charge is 0.351 e. The Morgan fingerprint density at radius 2 is 1.78 bits per heavy atom. The van der Waals surface area contributed by atoms with Gasteiger partial charge in [-0.25, -0.2) is 13.2 Å². The molecule has 0 aliphatic heterocycles. The van der Waals surface area contributed by atoms with Crippen molar-refractivity contribution in [2.75, 3.05) is 11.9 Å². The molecule has 0 fully saturated rings. The van der Waals surface area contributed by atoms with Crippen molar-refractivity contribution in [3.05, 3.63) is 34.2 Å². The maximum Gasteiger partial charge on any atom is 0.318 e. The van der Waals surface area contributed by atoms with Crippen molar-refractivity contribution >= 4 is 28.5 Å². The van der Waals surface area contributed by atoms with E-state index in [0.717, 1.165) is 22.1 Å². The van der Waals surface area contributed by atoms with Gasteiger partial charge in [0, 0.05) is 18.1 Å². The van der Waals surface area contributed by atoms with Gasteiger partial charge < -0.3 is 5.73 Å². The topological polar surface area (TPSA) is 80.5 Å². The molecule has 98 valence electrons. The average molecular weight is 268 g/mol. The van der Waals surface area contributed by atoms with Gasteiger partial charge in [0.15, 0.2) is 10.7 Å². The molecule has 0 spiro atoms. The number of nitrogens with zero attached hydrogens (tertiary/aromatic N) is 1. The number of hydrogen-bond donors (Lipinski definition) is 2. The first-order chi connectivity index (χ1) is 8.32. The summed E-state index contributed by atoms with van der Waals surface area (Å²) in [6.45, 7) is 3.70. The van der Waals surface area contributed by atoms with Crippen molar-refractivity contribution in [3.63, 3.8) is 0 Å². The van der Waals surface area contributed by atoms with E-state index in [4.69, 9.17) is 5.73 Å². The molecule has 0 unspecified atom stereocenters. The van der Waals surface area contributed by atoms with E-state index in [1.54, 1.807) is 25.3 Å². The Bertz CT molecular complexity index is 546. The number of rotatable bonds is 3. The lowest BCUT2D eigenvalue weighted by atomic mass is 10.0. The molecule has 0 saturated heterocycles. The summed E-state index contributed by atoms with van der Waals surface area (Å²) >= 11 is 0. The van der Waals surface area contributed by atoms with E-state index >= 15 is 0 Å². The third-order valence-corrected chi connectivity index (χ3v) is 3.05. The maximum atomic E-state index is 11.1. The Balaban J connectivity index is 3.24. The number of thiol groups is 1. The quantitative estimate of drug-likeness (QED) is 0.813. The van der Waals surface area contributed by atoms with Gasteiger partial charge in [0.1, 0.15) is 0 Å². The molecular weight excluding hydrogens is 252 g/mol. The SMILES string of the molecule is Cc1cc(N(C)C(N)=O)cc(C)c1/C=C/[SH](=O)=O. The van der Waals surface area contributed by atoms with Crippen LogP contribution in [0, 0.1) is 13.8 Å². The van der Waals surface area contributed by atoms with Crippen LogP contribution in [0.15, 0.2) is 17.5 Å². The van der Waals surface area contributed by atoms with Gasteiger partial charge in [0.25, 0.3) is 0 Å². The fourth-order valence-corrected chi connectivity index (χ4v) is 1.94. The second-order valence-electron chi connectivity index (χ2n) is 3.99. The number of amides is 2. The Kier molecular flexibility index (Phi) is 4.49. The van der Waals surface area contributed by atoms with Crippen molar-refractivity contribution in [2.45, 2.75) is 13.8 Å². The molecule has 0 atom stereocenters. The highest BCUT2D eigenvalue weighted by molar-refractivity contribution is 7.75. The van der Waals surface area contributed by atoms with Crippen LogP contribution in [0.1, 0.15) is 16.7 Å². The van der Waals surface area contributed by atoms with Crippen LogP contribution in [0.25, 0.3) is 6.08 Å². The van der Waals surface area contributed by atoms with Gasteiger partial charge in [-0.05, 0) is 48.7 Å². The molecule has 0 bridgehead atoms. The van der Waals surface area contributed by atoms with Crippen molar-refractivity contribution in [3.8, 4) is 0 Å². The zero-order valence-corrected chi connectivity index (χ0v) is 11.4. The van der Waals surface area contributed by atoms with E-state index in [9.17, 15) is 13.2 Å². The average Bonchev–Trinajstić information content (AvgIpc) is 2.26. The first-order valence-electron chi connectivity index (χ1n) is 5.29. The minimum atomic E-state index is -2.54. The zero-order chi connectivity index (χ0) is 13.9. The van der Waals surface area contributed by atoms with Gasteiger partial charge >= 0.3 is 6.03 Å². The van der Waals surface area contributed by atoms with E-state index in [0.29, 0.717) is 5.69 Å². The van der Waals surface area contributed by atoms with Gasteiger partial charge in [-0.15, -0.1) is 0 Å². The van der Waals surface area contributed by atoms with E-state index in [2.05, 4.69) is 0 Å². The van der Waals surface area contributed by atoms with E-state index < -0.39 is 16.7 Å². The maximum absolute atomic E-state index is 11.1. The van der Waals surface area contributed by atoms with Crippen molar-refractivity contribution < 1.29 is 13.2 Å².